The average Bonchev–Trinajstić information content (AvgIpc) is 3.20. The van der Waals surface area contributed by atoms with Crippen LogP contribution < -0.4 is 11.1 Å². The summed E-state index contributed by atoms with van der Waals surface area (Å²) in [5.74, 6) is -0.231. The molecule has 6 nitrogen and oxygen atoms in total. The Bertz CT molecular complexity index is 706. The maximum Gasteiger partial charge on any atom is 0.246 e. The Morgan fingerprint density at radius 3 is 2.71 bits per heavy atom. The monoisotopic (exact) mass is 299 g/mol. The van der Waals surface area contributed by atoms with Crippen molar-refractivity contribution in [3.05, 3.63) is 59.3 Å². The van der Waals surface area contributed by atoms with Crippen molar-refractivity contribution in [2.75, 3.05) is 5.32 Å². The molecule has 0 aliphatic heterocycles. The van der Waals surface area contributed by atoms with Crippen LogP contribution in [-0.4, -0.2) is 20.7 Å². The van der Waals surface area contributed by atoms with E-state index in [1.807, 2.05) is 29.6 Å². The number of hydrogen-bond donors (Lipinski definition) is 2. The van der Waals surface area contributed by atoms with E-state index in [4.69, 9.17) is 5.73 Å². The van der Waals surface area contributed by atoms with Gasteiger partial charge in [0.1, 0.15) is 18.7 Å². The van der Waals surface area contributed by atoms with Crippen molar-refractivity contribution >= 4 is 22.9 Å². The molecule has 1 unspecified atom stereocenters. The number of rotatable bonds is 4. The molecule has 1 aromatic carbocycles. The van der Waals surface area contributed by atoms with Crippen molar-refractivity contribution in [3.8, 4) is 5.69 Å². The lowest BCUT2D eigenvalue weighted by molar-refractivity contribution is -0.117. The number of anilines is 1. The second-order valence-electron chi connectivity index (χ2n) is 4.37. The molecule has 3 aromatic rings. The summed E-state index contributed by atoms with van der Waals surface area (Å²) in [5, 5.41) is 8.74. The predicted molar refractivity (Wildman–Crippen MR) is 81.2 cm³/mol. The highest BCUT2D eigenvalue weighted by Crippen LogP contribution is 2.19. The Morgan fingerprint density at radius 1 is 1.29 bits per heavy atom. The minimum Gasteiger partial charge on any atom is -0.324 e. The number of carbonyl (C=O) groups excluding carboxylic acids is 1. The van der Waals surface area contributed by atoms with Crippen LogP contribution in [0.1, 0.15) is 10.9 Å². The smallest absolute Gasteiger partial charge is 0.246 e. The first-order chi connectivity index (χ1) is 10.2. The van der Waals surface area contributed by atoms with Gasteiger partial charge < -0.3 is 11.1 Å². The maximum atomic E-state index is 12.1. The molecule has 0 bridgehead atoms. The molecule has 1 amide bonds. The van der Waals surface area contributed by atoms with Gasteiger partial charge >= 0.3 is 0 Å². The zero-order chi connectivity index (χ0) is 14.7. The summed E-state index contributed by atoms with van der Waals surface area (Å²) >= 11 is 1.47. The van der Waals surface area contributed by atoms with Gasteiger partial charge in [0.2, 0.25) is 5.91 Å². The van der Waals surface area contributed by atoms with E-state index in [1.54, 1.807) is 23.1 Å². The molecular formula is C14H13N5OS. The van der Waals surface area contributed by atoms with E-state index in [1.165, 1.54) is 17.7 Å². The Balaban J connectivity index is 1.69. The summed E-state index contributed by atoms with van der Waals surface area (Å²) in [6, 6.07) is 10.4. The Labute approximate surface area is 125 Å². The van der Waals surface area contributed by atoms with E-state index >= 15 is 0 Å². The number of hydrogen-bond acceptors (Lipinski definition) is 5. The topological polar surface area (TPSA) is 85.8 Å². The van der Waals surface area contributed by atoms with Crippen LogP contribution in [0, 0.1) is 0 Å². The average molecular weight is 299 g/mol. The van der Waals surface area contributed by atoms with Gasteiger partial charge in [-0.15, -0.1) is 11.3 Å². The van der Waals surface area contributed by atoms with Gasteiger partial charge in [0.25, 0.3) is 0 Å². The Kier molecular flexibility index (Phi) is 3.76. The molecule has 2 aromatic heterocycles. The van der Waals surface area contributed by atoms with E-state index < -0.39 is 6.04 Å². The SMILES string of the molecule is NC(C(=O)Nc1ccc(-n2cncn2)cc1)c1cccs1. The van der Waals surface area contributed by atoms with Gasteiger partial charge in [-0.25, -0.2) is 9.67 Å². The zero-order valence-electron chi connectivity index (χ0n) is 11.0. The van der Waals surface area contributed by atoms with E-state index in [0.29, 0.717) is 5.69 Å². The number of nitrogens with two attached hydrogens (primary N) is 1. The van der Waals surface area contributed by atoms with Gasteiger partial charge in [-0.1, -0.05) is 6.07 Å². The van der Waals surface area contributed by atoms with Gasteiger partial charge in [0, 0.05) is 10.6 Å². The largest absolute Gasteiger partial charge is 0.324 e. The second-order valence-corrected chi connectivity index (χ2v) is 5.35. The summed E-state index contributed by atoms with van der Waals surface area (Å²) in [7, 11) is 0. The number of benzene rings is 1. The van der Waals surface area contributed by atoms with Crippen LogP contribution in [-0.2, 0) is 4.79 Å². The highest BCUT2D eigenvalue weighted by atomic mass is 32.1. The third-order valence-corrected chi connectivity index (χ3v) is 3.91. The lowest BCUT2D eigenvalue weighted by Crippen LogP contribution is -2.26. The first-order valence-corrected chi connectivity index (χ1v) is 7.17. The highest BCUT2D eigenvalue weighted by Gasteiger charge is 2.16. The number of thiophene rings is 1. The minimum absolute atomic E-state index is 0.231. The molecule has 0 fully saturated rings. The molecule has 0 radical (unpaired) electrons. The first kappa shape index (κ1) is 13.5. The highest BCUT2D eigenvalue weighted by molar-refractivity contribution is 7.10. The minimum atomic E-state index is -0.653. The third kappa shape index (κ3) is 2.99. The van der Waals surface area contributed by atoms with E-state index in [0.717, 1.165) is 10.6 Å². The van der Waals surface area contributed by atoms with Gasteiger partial charge in [0.05, 0.1) is 5.69 Å². The van der Waals surface area contributed by atoms with Crippen molar-refractivity contribution in [1.29, 1.82) is 0 Å². The van der Waals surface area contributed by atoms with Crippen LogP contribution in [0.4, 0.5) is 5.69 Å². The summed E-state index contributed by atoms with van der Waals surface area (Å²) in [6.07, 6.45) is 3.08. The lowest BCUT2D eigenvalue weighted by atomic mass is 10.2. The summed E-state index contributed by atoms with van der Waals surface area (Å²) in [4.78, 5) is 16.8. The molecule has 0 saturated heterocycles. The summed E-state index contributed by atoms with van der Waals surface area (Å²) in [5.41, 5.74) is 7.47. The normalized spacial score (nSPS) is 12.0. The molecule has 3 rings (SSSR count). The fraction of sp³-hybridized carbons (Fsp3) is 0.0714. The van der Waals surface area contributed by atoms with Gasteiger partial charge in [-0.2, -0.15) is 5.10 Å². The van der Waals surface area contributed by atoms with Gasteiger partial charge in [-0.05, 0) is 35.7 Å². The fourth-order valence-corrected chi connectivity index (χ4v) is 2.58. The quantitative estimate of drug-likeness (QED) is 0.771. The van der Waals surface area contributed by atoms with Crippen LogP contribution in [0.25, 0.3) is 5.69 Å². The van der Waals surface area contributed by atoms with E-state index in [2.05, 4.69) is 15.4 Å². The molecule has 7 heteroatoms. The molecular weight excluding hydrogens is 286 g/mol. The van der Waals surface area contributed by atoms with Crippen molar-refractivity contribution < 1.29 is 4.79 Å². The van der Waals surface area contributed by atoms with Crippen LogP contribution in [0.2, 0.25) is 0 Å². The van der Waals surface area contributed by atoms with Gasteiger partial charge in [-0.3, -0.25) is 4.79 Å². The molecule has 3 N–H and O–H groups in total. The molecule has 1 atom stereocenters. The lowest BCUT2D eigenvalue weighted by Gasteiger charge is -2.11. The van der Waals surface area contributed by atoms with Crippen molar-refractivity contribution in [3.63, 3.8) is 0 Å². The van der Waals surface area contributed by atoms with Gasteiger partial charge in [0.15, 0.2) is 0 Å². The Hall–Kier alpha value is -2.51. The molecule has 0 aliphatic rings. The molecule has 2 heterocycles. The number of nitrogens with zero attached hydrogens (tertiary/aromatic N) is 3. The van der Waals surface area contributed by atoms with Crippen molar-refractivity contribution in [2.24, 2.45) is 5.73 Å². The maximum absolute atomic E-state index is 12.1. The van der Waals surface area contributed by atoms with Crippen molar-refractivity contribution in [2.45, 2.75) is 6.04 Å². The first-order valence-electron chi connectivity index (χ1n) is 6.29. The summed E-state index contributed by atoms with van der Waals surface area (Å²) in [6.45, 7) is 0. The Morgan fingerprint density at radius 2 is 2.10 bits per heavy atom. The van der Waals surface area contributed by atoms with E-state index in [-0.39, 0.29) is 5.91 Å². The zero-order valence-corrected chi connectivity index (χ0v) is 11.8. The van der Waals surface area contributed by atoms with Crippen LogP contribution in [0.15, 0.2) is 54.4 Å². The fourth-order valence-electron chi connectivity index (χ4n) is 1.86. The standard InChI is InChI=1S/C14H13N5OS/c15-13(12-2-1-7-21-12)14(20)18-10-3-5-11(6-4-10)19-9-16-8-17-19/h1-9,13H,15H2,(H,18,20). The molecule has 106 valence electrons. The van der Waals surface area contributed by atoms with Crippen molar-refractivity contribution in [1.82, 2.24) is 14.8 Å². The van der Waals surface area contributed by atoms with Crippen LogP contribution in [0.3, 0.4) is 0 Å². The summed E-state index contributed by atoms with van der Waals surface area (Å²) < 4.78 is 1.64. The molecule has 21 heavy (non-hydrogen) atoms. The third-order valence-electron chi connectivity index (χ3n) is 2.95. The predicted octanol–water partition coefficient (Wildman–Crippen LogP) is 1.97. The number of carbonyl (C=O) groups is 1. The molecule has 0 spiro atoms. The van der Waals surface area contributed by atoms with Crippen LogP contribution in [0.5, 0.6) is 0 Å². The van der Waals surface area contributed by atoms with Crippen LogP contribution >= 0.6 is 11.3 Å². The molecule has 0 aliphatic carbocycles. The number of nitrogens with one attached hydrogen (secondary N) is 1. The number of aromatic nitrogens is 3. The van der Waals surface area contributed by atoms with E-state index in [9.17, 15) is 4.79 Å². The molecule has 0 saturated carbocycles. The second kappa shape index (κ2) is 5.86. The number of amides is 1.